The van der Waals surface area contributed by atoms with Gasteiger partial charge in [-0.2, -0.15) is 0 Å². The lowest BCUT2D eigenvalue weighted by atomic mass is 10.2. The fourth-order valence-electron chi connectivity index (χ4n) is 1.49. The van der Waals surface area contributed by atoms with Gasteiger partial charge in [0.15, 0.2) is 0 Å². The quantitative estimate of drug-likeness (QED) is 0.799. The van der Waals surface area contributed by atoms with Gasteiger partial charge in [-0.15, -0.1) is 0 Å². The van der Waals surface area contributed by atoms with Crippen LogP contribution in [0.2, 0.25) is 0 Å². The normalized spacial score (nSPS) is 11.5. The van der Waals surface area contributed by atoms with Crippen molar-refractivity contribution in [2.24, 2.45) is 0 Å². The molecule has 0 unspecified atom stereocenters. The largest absolute Gasteiger partial charge is 0.464 e. The van der Waals surface area contributed by atoms with Crippen molar-refractivity contribution >= 4 is 17.6 Å². The number of hydrogen-bond acceptors (Lipinski definition) is 5. The predicted molar refractivity (Wildman–Crippen MR) is 72.1 cm³/mol. The summed E-state index contributed by atoms with van der Waals surface area (Å²) in [5.74, 6) is -0.663. The van der Waals surface area contributed by atoms with E-state index in [0.29, 0.717) is 18.8 Å². The van der Waals surface area contributed by atoms with Gasteiger partial charge in [-0.1, -0.05) is 0 Å². The van der Waals surface area contributed by atoms with Crippen LogP contribution in [0.25, 0.3) is 0 Å². The van der Waals surface area contributed by atoms with Gasteiger partial charge in [0, 0.05) is 5.69 Å². The Kier molecular flexibility index (Phi) is 5.85. The second kappa shape index (κ2) is 7.41. The number of carbonyl (C=O) groups is 2. The molecule has 1 aromatic carbocycles. The number of nitrogens with one attached hydrogen (secondary N) is 1. The summed E-state index contributed by atoms with van der Waals surface area (Å²) in [6.45, 7) is 5.94. The molecule has 0 bridgehead atoms. The van der Waals surface area contributed by atoms with Crippen molar-refractivity contribution in [1.29, 1.82) is 0 Å². The van der Waals surface area contributed by atoms with E-state index < -0.39 is 6.04 Å². The van der Waals surface area contributed by atoms with E-state index in [-0.39, 0.29) is 11.9 Å². The number of anilines is 1. The molecule has 1 rings (SSSR count). The van der Waals surface area contributed by atoms with Gasteiger partial charge in [0.25, 0.3) is 0 Å². The fraction of sp³-hybridized carbons (Fsp3) is 0.429. The summed E-state index contributed by atoms with van der Waals surface area (Å²) in [5.41, 5.74) is 1.23. The highest BCUT2D eigenvalue weighted by Crippen LogP contribution is 2.12. The molecule has 0 spiro atoms. The molecule has 5 heteroatoms. The maximum absolute atomic E-state index is 11.5. The molecule has 0 fully saturated rings. The summed E-state index contributed by atoms with van der Waals surface area (Å²) < 4.78 is 9.78. The van der Waals surface area contributed by atoms with Crippen LogP contribution in [0.3, 0.4) is 0 Å². The van der Waals surface area contributed by atoms with Gasteiger partial charge in [0.1, 0.15) is 6.04 Å². The van der Waals surface area contributed by atoms with Crippen LogP contribution < -0.4 is 5.32 Å². The number of rotatable bonds is 6. The van der Waals surface area contributed by atoms with Crippen LogP contribution in [0.5, 0.6) is 0 Å². The Balaban J connectivity index is 2.61. The van der Waals surface area contributed by atoms with Gasteiger partial charge >= 0.3 is 11.9 Å². The maximum atomic E-state index is 11.5. The molecular formula is C14H19NO4. The van der Waals surface area contributed by atoms with Crippen molar-refractivity contribution in [3.05, 3.63) is 29.8 Å². The third-order valence-corrected chi connectivity index (χ3v) is 2.42. The lowest BCUT2D eigenvalue weighted by Crippen LogP contribution is -2.28. The molecule has 0 saturated carbocycles. The number of ether oxygens (including phenoxy) is 2. The van der Waals surface area contributed by atoms with Crippen molar-refractivity contribution in [3.8, 4) is 0 Å². The maximum Gasteiger partial charge on any atom is 0.338 e. The molecule has 0 amide bonds. The van der Waals surface area contributed by atoms with E-state index in [1.165, 1.54) is 0 Å². The average molecular weight is 265 g/mol. The lowest BCUT2D eigenvalue weighted by Gasteiger charge is -2.14. The minimum atomic E-state index is -0.437. The van der Waals surface area contributed by atoms with Crippen LogP contribution in [0.4, 0.5) is 5.69 Å². The molecule has 1 N–H and O–H groups in total. The molecule has 1 aromatic rings. The van der Waals surface area contributed by atoms with Gasteiger partial charge in [-0.25, -0.2) is 9.59 Å². The Morgan fingerprint density at radius 1 is 1.11 bits per heavy atom. The third-order valence-electron chi connectivity index (χ3n) is 2.42. The monoisotopic (exact) mass is 265 g/mol. The zero-order chi connectivity index (χ0) is 14.3. The first-order valence-corrected chi connectivity index (χ1v) is 6.28. The highest BCUT2D eigenvalue weighted by atomic mass is 16.5. The summed E-state index contributed by atoms with van der Waals surface area (Å²) in [5, 5.41) is 3.00. The van der Waals surface area contributed by atoms with Crippen LogP contribution in [0.15, 0.2) is 24.3 Å². The Bertz CT molecular complexity index is 428. The molecular weight excluding hydrogens is 246 g/mol. The van der Waals surface area contributed by atoms with E-state index >= 15 is 0 Å². The number of carbonyl (C=O) groups excluding carboxylic acids is 2. The summed E-state index contributed by atoms with van der Waals surface area (Å²) in [6, 6.07) is 6.31. The molecule has 0 aromatic heterocycles. The number of benzene rings is 1. The van der Waals surface area contributed by atoms with E-state index in [9.17, 15) is 9.59 Å². The highest BCUT2D eigenvalue weighted by molar-refractivity contribution is 5.90. The molecule has 0 aliphatic carbocycles. The molecule has 0 aliphatic heterocycles. The minimum absolute atomic E-state index is 0.308. The van der Waals surface area contributed by atoms with E-state index in [4.69, 9.17) is 9.47 Å². The van der Waals surface area contributed by atoms with Crippen LogP contribution in [0.1, 0.15) is 31.1 Å². The van der Waals surface area contributed by atoms with E-state index in [2.05, 4.69) is 5.32 Å². The molecule has 0 aliphatic rings. The molecule has 19 heavy (non-hydrogen) atoms. The van der Waals surface area contributed by atoms with Crippen molar-refractivity contribution in [2.45, 2.75) is 26.8 Å². The molecule has 104 valence electrons. The number of esters is 2. The van der Waals surface area contributed by atoms with E-state index in [1.54, 1.807) is 45.0 Å². The fourth-order valence-corrected chi connectivity index (χ4v) is 1.49. The summed E-state index contributed by atoms with van der Waals surface area (Å²) in [6.07, 6.45) is 0. The standard InChI is InChI=1S/C14H19NO4/c1-4-18-13(16)10(3)15-12-8-6-11(7-9-12)14(17)19-5-2/h6-10,15H,4-5H2,1-3H3/t10-/m0/s1. The van der Waals surface area contributed by atoms with Crippen molar-refractivity contribution in [3.63, 3.8) is 0 Å². The summed E-state index contributed by atoms with van der Waals surface area (Å²) >= 11 is 0. The van der Waals surface area contributed by atoms with Crippen LogP contribution >= 0.6 is 0 Å². The predicted octanol–water partition coefficient (Wildman–Crippen LogP) is 2.23. The topological polar surface area (TPSA) is 64.6 Å². The van der Waals surface area contributed by atoms with Crippen LogP contribution in [-0.4, -0.2) is 31.2 Å². The summed E-state index contributed by atoms with van der Waals surface area (Å²) in [7, 11) is 0. The minimum Gasteiger partial charge on any atom is -0.464 e. The van der Waals surface area contributed by atoms with E-state index in [1.807, 2.05) is 0 Å². The highest BCUT2D eigenvalue weighted by Gasteiger charge is 2.13. The molecule has 1 atom stereocenters. The first-order chi connectivity index (χ1) is 9.08. The van der Waals surface area contributed by atoms with E-state index in [0.717, 1.165) is 5.69 Å². The zero-order valence-corrected chi connectivity index (χ0v) is 11.4. The second-order valence-corrected chi connectivity index (χ2v) is 3.92. The Labute approximate surface area is 112 Å². The summed E-state index contributed by atoms with van der Waals surface area (Å²) in [4.78, 5) is 22.9. The smallest absolute Gasteiger partial charge is 0.338 e. The third kappa shape index (κ3) is 4.62. The van der Waals surface area contributed by atoms with Gasteiger partial charge in [0.2, 0.25) is 0 Å². The van der Waals surface area contributed by atoms with Crippen molar-refractivity contribution in [2.75, 3.05) is 18.5 Å². The number of hydrogen-bond donors (Lipinski definition) is 1. The average Bonchev–Trinajstić information content (AvgIpc) is 2.40. The lowest BCUT2D eigenvalue weighted by molar-refractivity contribution is -0.143. The second-order valence-electron chi connectivity index (χ2n) is 3.92. The van der Waals surface area contributed by atoms with Gasteiger partial charge in [0.05, 0.1) is 18.8 Å². The van der Waals surface area contributed by atoms with Gasteiger partial charge in [-0.05, 0) is 45.0 Å². The van der Waals surface area contributed by atoms with Crippen LogP contribution in [-0.2, 0) is 14.3 Å². The van der Waals surface area contributed by atoms with Crippen LogP contribution in [0, 0.1) is 0 Å². The van der Waals surface area contributed by atoms with Crippen molar-refractivity contribution < 1.29 is 19.1 Å². The molecule has 5 nitrogen and oxygen atoms in total. The Morgan fingerprint density at radius 2 is 1.68 bits per heavy atom. The molecule has 0 radical (unpaired) electrons. The SMILES string of the molecule is CCOC(=O)c1ccc(N[C@@H](C)C(=O)OCC)cc1. The van der Waals surface area contributed by atoms with Gasteiger partial charge < -0.3 is 14.8 Å². The Morgan fingerprint density at radius 3 is 2.21 bits per heavy atom. The first kappa shape index (κ1) is 15.0. The van der Waals surface area contributed by atoms with Crippen molar-refractivity contribution in [1.82, 2.24) is 0 Å². The molecule has 0 heterocycles. The Hall–Kier alpha value is -2.04. The molecule has 0 saturated heterocycles. The first-order valence-electron chi connectivity index (χ1n) is 6.28. The zero-order valence-electron chi connectivity index (χ0n) is 11.4. The van der Waals surface area contributed by atoms with Gasteiger partial charge in [-0.3, -0.25) is 0 Å².